The third kappa shape index (κ3) is 1.59. The molecule has 0 aromatic heterocycles. The molecule has 0 bridgehead atoms. The van der Waals surface area contributed by atoms with Crippen molar-refractivity contribution in [2.75, 3.05) is 19.8 Å². The van der Waals surface area contributed by atoms with Crippen LogP contribution in [0.1, 0.15) is 0 Å². The molecule has 0 saturated heterocycles. The summed E-state index contributed by atoms with van der Waals surface area (Å²) in [5.74, 6) is 0. The number of rotatable bonds is 2. The normalized spacial score (nSPS) is 17.4. The van der Waals surface area contributed by atoms with E-state index in [9.17, 15) is 0 Å². The number of hydrogen-bond donors (Lipinski definition) is 3. The topological polar surface area (TPSA) is 52.5 Å². The Hall–Kier alpha value is -0.800. The minimum atomic E-state index is 0.0243. The Bertz CT molecular complexity index is 172. The summed E-state index contributed by atoms with van der Waals surface area (Å²) in [6.45, 7) is 0.765. The fourth-order valence-electron chi connectivity index (χ4n) is 0.861. The molecule has 3 heteroatoms. The van der Waals surface area contributed by atoms with Crippen molar-refractivity contribution in [1.82, 2.24) is 5.32 Å². The second-order valence-corrected chi connectivity index (χ2v) is 2.22. The monoisotopic (exact) mass is 141 g/mol. The van der Waals surface area contributed by atoms with Crippen LogP contribution >= 0.6 is 0 Å². The SMILES string of the molecule is OCC1=CNCC(CO)=C1. The Morgan fingerprint density at radius 2 is 2.20 bits per heavy atom. The summed E-state index contributed by atoms with van der Waals surface area (Å²) in [5.41, 5.74) is 1.72. The van der Waals surface area contributed by atoms with E-state index in [0.29, 0.717) is 6.54 Å². The van der Waals surface area contributed by atoms with Crippen molar-refractivity contribution in [3.8, 4) is 0 Å². The van der Waals surface area contributed by atoms with Crippen molar-refractivity contribution in [2.24, 2.45) is 0 Å². The van der Waals surface area contributed by atoms with Gasteiger partial charge in [0.05, 0.1) is 13.2 Å². The van der Waals surface area contributed by atoms with Gasteiger partial charge in [-0.1, -0.05) is 6.08 Å². The van der Waals surface area contributed by atoms with E-state index in [0.717, 1.165) is 11.1 Å². The molecule has 1 heterocycles. The van der Waals surface area contributed by atoms with Gasteiger partial charge >= 0.3 is 0 Å². The number of aliphatic hydroxyl groups excluding tert-OH is 2. The number of hydrogen-bond acceptors (Lipinski definition) is 3. The molecule has 3 N–H and O–H groups in total. The summed E-state index contributed by atoms with van der Waals surface area (Å²) in [6.07, 6.45) is 3.55. The van der Waals surface area contributed by atoms with Crippen LogP contribution in [0.15, 0.2) is 23.4 Å². The summed E-state index contributed by atoms with van der Waals surface area (Å²) in [4.78, 5) is 0. The highest BCUT2D eigenvalue weighted by atomic mass is 16.3. The van der Waals surface area contributed by atoms with E-state index in [2.05, 4.69) is 5.32 Å². The van der Waals surface area contributed by atoms with Gasteiger partial charge < -0.3 is 15.5 Å². The Labute approximate surface area is 59.7 Å². The maximum absolute atomic E-state index is 8.69. The van der Waals surface area contributed by atoms with Crippen LogP contribution < -0.4 is 5.32 Å². The van der Waals surface area contributed by atoms with E-state index in [1.807, 2.05) is 0 Å². The average Bonchev–Trinajstić information content (AvgIpc) is 2.05. The van der Waals surface area contributed by atoms with E-state index in [4.69, 9.17) is 10.2 Å². The molecule has 0 aromatic carbocycles. The van der Waals surface area contributed by atoms with E-state index >= 15 is 0 Å². The summed E-state index contributed by atoms with van der Waals surface area (Å²) in [7, 11) is 0. The molecule has 3 nitrogen and oxygen atoms in total. The zero-order valence-electron chi connectivity index (χ0n) is 5.67. The van der Waals surface area contributed by atoms with Crippen LogP contribution in [0.2, 0.25) is 0 Å². The first-order chi connectivity index (χ1) is 4.86. The van der Waals surface area contributed by atoms with E-state index < -0.39 is 0 Å². The lowest BCUT2D eigenvalue weighted by Crippen LogP contribution is -2.17. The Balaban J connectivity index is 2.61. The molecule has 10 heavy (non-hydrogen) atoms. The molecule has 1 rings (SSSR count). The van der Waals surface area contributed by atoms with Crippen LogP contribution in [0.5, 0.6) is 0 Å². The van der Waals surface area contributed by atoms with Gasteiger partial charge in [0, 0.05) is 12.7 Å². The van der Waals surface area contributed by atoms with Crippen molar-refractivity contribution in [2.45, 2.75) is 0 Å². The summed E-state index contributed by atoms with van der Waals surface area (Å²) in [5, 5.41) is 20.3. The summed E-state index contributed by atoms with van der Waals surface area (Å²) in [6, 6.07) is 0. The summed E-state index contributed by atoms with van der Waals surface area (Å²) < 4.78 is 0. The van der Waals surface area contributed by atoms with Crippen molar-refractivity contribution < 1.29 is 10.2 Å². The van der Waals surface area contributed by atoms with Crippen LogP contribution in [0.25, 0.3) is 0 Å². The fraction of sp³-hybridized carbons (Fsp3) is 0.429. The Morgan fingerprint density at radius 3 is 2.80 bits per heavy atom. The zero-order valence-corrected chi connectivity index (χ0v) is 5.67. The number of aliphatic hydroxyl groups is 2. The zero-order chi connectivity index (χ0) is 7.40. The van der Waals surface area contributed by atoms with E-state index in [1.54, 1.807) is 12.3 Å². The molecule has 0 aromatic rings. The van der Waals surface area contributed by atoms with Gasteiger partial charge in [0.1, 0.15) is 0 Å². The van der Waals surface area contributed by atoms with E-state index in [-0.39, 0.29) is 13.2 Å². The maximum Gasteiger partial charge on any atom is 0.0695 e. The van der Waals surface area contributed by atoms with Gasteiger partial charge in [0.15, 0.2) is 0 Å². The molecular weight excluding hydrogens is 130 g/mol. The third-order valence-electron chi connectivity index (χ3n) is 1.39. The van der Waals surface area contributed by atoms with Gasteiger partial charge in [-0.25, -0.2) is 0 Å². The molecule has 56 valence electrons. The highest BCUT2D eigenvalue weighted by molar-refractivity contribution is 5.28. The molecule has 0 amide bonds. The quantitative estimate of drug-likeness (QED) is 0.480. The molecule has 0 radical (unpaired) electrons. The molecule has 0 unspecified atom stereocenters. The highest BCUT2D eigenvalue weighted by Crippen LogP contribution is 2.04. The standard InChI is InChI=1S/C7H11NO2/c9-4-6-1-7(5-10)3-8-2-6/h1-2,8-10H,3-5H2. The minimum Gasteiger partial charge on any atom is -0.392 e. The average molecular weight is 141 g/mol. The maximum atomic E-state index is 8.69. The lowest BCUT2D eigenvalue weighted by atomic mass is 10.1. The van der Waals surface area contributed by atoms with Crippen LogP contribution in [0.4, 0.5) is 0 Å². The van der Waals surface area contributed by atoms with Gasteiger partial charge in [0.25, 0.3) is 0 Å². The molecule has 0 atom stereocenters. The van der Waals surface area contributed by atoms with Crippen molar-refractivity contribution in [1.29, 1.82) is 0 Å². The molecule has 0 fully saturated rings. The predicted octanol–water partition coefficient (Wildman–Crippen LogP) is -0.615. The van der Waals surface area contributed by atoms with Gasteiger partial charge in [-0.2, -0.15) is 0 Å². The molecule has 0 spiro atoms. The lowest BCUT2D eigenvalue weighted by molar-refractivity contribution is 0.322. The van der Waals surface area contributed by atoms with Crippen molar-refractivity contribution in [3.63, 3.8) is 0 Å². The molecule has 0 aliphatic carbocycles. The molecule has 1 aliphatic rings. The van der Waals surface area contributed by atoms with Gasteiger partial charge in [-0.3, -0.25) is 0 Å². The minimum absolute atomic E-state index is 0.0243. The number of nitrogens with one attached hydrogen (secondary N) is 1. The molecule has 1 aliphatic heterocycles. The van der Waals surface area contributed by atoms with Crippen molar-refractivity contribution >= 4 is 0 Å². The van der Waals surface area contributed by atoms with Crippen molar-refractivity contribution in [3.05, 3.63) is 23.4 Å². The molecule has 0 saturated carbocycles. The smallest absolute Gasteiger partial charge is 0.0695 e. The largest absolute Gasteiger partial charge is 0.392 e. The lowest BCUT2D eigenvalue weighted by Gasteiger charge is -2.11. The van der Waals surface area contributed by atoms with Gasteiger partial charge in [-0.05, 0) is 11.1 Å². The van der Waals surface area contributed by atoms with Gasteiger partial charge in [0.2, 0.25) is 0 Å². The fourth-order valence-corrected chi connectivity index (χ4v) is 0.861. The second kappa shape index (κ2) is 3.39. The van der Waals surface area contributed by atoms with Crippen LogP contribution in [0.3, 0.4) is 0 Å². The summed E-state index contributed by atoms with van der Waals surface area (Å²) >= 11 is 0. The van der Waals surface area contributed by atoms with Gasteiger partial charge in [-0.15, -0.1) is 0 Å². The first kappa shape index (κ1) is 7.31. The second-order valence-electron chi connectivity index (χ2n) is 2.22. The van der Waals surface area contributed by atoms with E-state index in [1.165, 1.54) is 0 Å². The first-order valence-electron chi connectivity index (χ1n) is 3.20. The van der Waals surface area contributed by atoms with Crippen LogP contribution in [0, 0.1) is 0 Å². The number of dihydropyridines is 1. The predicted molar refractivity (Wildman–Crippen MR) is 38.3 cm³/mol. The Morgan fingerprint density at radius 1 is 1.40 bits per heavy atom. The van der Waals surface area contributed by atoms with Crippen LogP contribution in [-0.2, 0) is 0 Å². The first-order valence-corrected chi connectivity index (χ1v) is 3.20. The highest BCUT2D eigenvalue weighted by Gasteiger charge is 2.01. The molecular formula is C7H11NO2. The van der Waals surface area contributed by atoms with Crippen LogP contribution in [-0.4, -0.2) is 30.0 Å². The third-order valence-corrected chi connectivity index (χ3v) is 1.39. The Kier molecular flexibility index (Phi) is 2.48.